The standard InChI is InChI=1S/C49H56N8O8/c1-26(2)41(54-48(60)63-5)47(59)57-27(3)12-17-38(57)45-51-36-16-14-30-20-35-33-15-13-31(19-32(33)25-65-40(35)21-34(30)43(36)53-45)37-22-50-44(52-37)39-18-28(24-62-4)23-56(39)46(58)42(55-49(61)64-6)29-10-8-7-9-11-29/h7-11,13-16,19-22,26-28,38-39,41-42,46,58H,12,17-18,23-25H2,1-6H3,(H,50,52)(H,51,53)(H,54,60)(H,55,61)/t27-,28-,38-,39-,41-,42+,46?/m0/s1. The average Bonchev–Trinajstić information content (AvgIpc) is 4.15. The third kappa shape index (κ3) is 8.37. The minimum atomic E-state index is -1.08. The van der Waals surface area contributed by atoms with E-state index in [2.05, 4.69) is 57.0 Å². The summed E-state index contributed by atoms with van der Waals surface area (Å²) in [6.45, 7) is 7.28. The van der Waals surface area contributed by atoms with Gasteiger partial charge in [-0.1, -0.05) is 62.4 Å². The fourth-order valence-electron chi connectivity index (χ4n) is 10.0. The van der Waals surface area contributed by atoms with E-state index in [9.17, 15) is 19.5 Å². The number of carbonyl (C=O) groups is 3. The van der Waals surface area contributed by atoms with E-state index in [1.807, 2.05) is 73.2 Å². The lowest BCUT2D eigenvalue weighted by Gasteiger charge is -2.34. The molecule has 3 aliphatic rings. The van der Waals surface area contributed by atoms with E-state index < -0.39 is 30.5 Å². The number of ether oxygens (including phenoxy) is 4. The third-order valence-corrected chi connectivity index (χ3v) is 13.3. The molecule has 5 N–H and O–H groups in total. The van der Waals surface area contributed by atoms with Crippen LogP contribution in [0.25, 0.3) is 44.2 Å². The molecule has 16 heteroatoms. The number of aliphatic hydroxyl groups is 1. The van der Waals surface area contributed by atoms with E-state index in [0.29, 0.717) is 37.8 Å². The molecule has 3 amide bonds. The number of methoxy groups -OCH3 is 3. The van der Waals surface area contributed by atoms with Crippen molar-refractivity contribution in [2.45, 2.75) is 83.1 Å². The van der Waals surface area contributed by atoms with E-state index >= 15 is 0 Å². The highest BCUT2D eigenvalue weighted by Gasteiger charge is 2.43. The monoisotopic (exact) mass is 884 g/mol. The van der Waals surface area contributed by atoms with Gasteiger partial charge in [-0.25, -0.2) is 19.6 Å². The van der Waals surface area contributed by atoms with Crippen molar-refractivity contribution in [3.05, 3.63) is 102 Å². The molecule has 9 rings (SSSR count). The van der Waals surface area contributed by atoms with E-state index in [1.165, 1.54) is 14.2 Å². The van der Waals surface area contributed by atoms with Crippen molar-refractivity contribution in [1.82, 2.24) is 40.4 Å². The minimum absolute atomic E-state index is 0.0311. The van der Waals surface area contributed by atoms with Crippen molar-refractivity contribution in [1.29, 1.82) is 0 Å². The highest BCUT2D eigenvalue weighted by atomic mass is 16.5. The molecule has 2 saturated heterocycles. The number of nitrogens with one attached hydrogen (secondary N) is 4. The number of nitrogens with zero attached hydrogens (tertiary/aromatic N) is 4. The van der Waals surface area contributed by atoms with Gasteiger partial charge in [-0.2, -0.15) is 0 Å². The number of amides is 3. The number of aromatic amines is 2. The fourth-order valence-corrected chi connectivity index (χ4v) is 10.0. The van der Waals surface area contributed by atoms with Crippen LogP contribution in [0.2, 0.25) is 0 Å². The van der Waals surface area contributed by atoms with Crippen LogP contribution < -0.4 is 15.4 Å². The summed E-state index contributed by atoms with van der Waals surface area (Å²) in [6, 6.07) is 21.9. The Balaban J connectivity index is 0.973. The van der Waals surface area contributed by atoms with Crippen molar-refractivity contribution in [2.75, 3.05) is 34.5 Å². The summed E-state index contributed by atoms with van der Waals surface area (Å²) >= 11 is 0. The van der Waals surface area contributed by atoms with Gasteiger partial charge in [0.15, 0.2) is 0 Å². The molecule has 65 heavy (non-hydrogen) atoms. The van der Waals surface area contributed by atoms with Gasteiger partial charge in [0.2, 0.25) is 5.91 Å². The SMILES string of the molecule is COC[C@H]1C[C@@H](c2ncc(-c3ccc4c(c3)COc3cc5c(ccc6nc([C@@H]7CC[C@H](C)N7C(=O)[C@@H](NC(=O)OC)C(C)C)[nH]c65)cc3-4)[nH]2)N(C(O)[C@H](NC(=O)OC)c2ccccc2)C1. The second-order valence-corrected chi connectivity index (χ2v) is 17.7. The molecular weight excluding hydrogens is 829 g/mol. The van der Waals surface area contributed by atoms with Crippen molar-refractivity contribution < 1.29 is 38.4 Å². The Morgan fingerprint density at radius 3 is 2.45 bits per heavy atom. The smallest absolute Gasteiger partial charge is 0.407 e. The quantitative estimate of drug-likeness (QED) is 0.0815. The zero-order chi connectivity index (χ0) is 45.5. The predicted molar refractivity (Wildman–Crippen MR) is 244 cm³/mol. The third-order valence-electron chi connectivity index (χ3n) is 13.3. The number of likely N-dealkylation sites (tertiary alicyclic amines) is 2. The van der Waals surface area contributed by atoms with Gasteiger partial charge in [-0.05, 0) is 89.9 Å². The van der Waals surface area contributed by atoms with Gasteiger partial charge in [0.05, 0.1) is 61.9 Å². The second-order valence-electron chi connectivity index (χ2n) is 17.7. The summed E-state index contributed by atoms with van der Waals surface area (Å²) < 4.78 is 21.8. The van der Waals surface area contributed by atoms with Crippen LogP contribution >= 0.6 is 0 Å². The van der Waals surface area contributed by atoms with Crippen molar-refractivity contribution in [2.24, 2.45) is 11.8 Å². The zero-order valence-corrected chi connectivity index (χ0v) is 37.5. The average molecular weight is 885 g/mol. The molecule has 0 aliphatic carbocycles. The van der Waals surface area contributed by atoms with E-state index in [0.717, 1.165) is 73.9 Å². The Morgan fingerprint density at radius 1 is 0.908 bits per heavy atom. The number of hydrogen-bond acceptors (Lipinski definition) is 11. The summed E-state index contributed by atoms with van der Waals surface area (Å²) in [5, 5.41) is 19.5. The molecule has 0 bridgehead atoms. The lowest BCUT2D eigenvalue weighted by atomic mass is 9.92. The van der Waals surface area contributed by atoms with Crippen LogP contribution in [0.15, 0.2) is 79.0 Å². The van der Waals surface area contributed by atoms with E-state index in [4.69, 9.17) is 28.9 Å². The van der Waals surface area contributed by atoms with Gasteiger partial charge in [-0.15, -0.1) is 0 Å². The number of alkyl carbamates (subject to hydrolysis) is 2. The molecule has 5 heterocycles. The summed E-state index contributed by atoms with van der Waals surface area (Å²) in [4.78, 5) is 59.5. The van der Waals surface area contributed by atoms with Gasteiger partial charge in [0, 0.05) is 30.6 Å². The number of imidazole rings is 2. The normalized spacial score (nSPS) is 20.8. The molecule has 1 unspecified atom stereocenters. The van der Waals surface area contributed by atoms with Crippen LogP contribution in [0.3, 0.4) is 0 Å². The summed E-state index contributed by atoms with van der Waals surface area (Å²) in [6.07, 6.45) is 1.72. The molecular formula is C49H56N8O8. The predicted octanol–water partition coefficient (Wildman–Crippen LogP) is 7.52. The molecule has 0 spiro atoms. The van der Waals surface area contributed by atoms with Crippen LogP contribution in [0.1, 0.15) is 80.9 Å². The largest absolute Gasteiger partial charge is 0.488 e. The first-order chi connectivity index (χ1) is 31.5. The number of aromatic nitrogens is 4. The van der Waals surface area contributed by atoms with Crippen molar-refractivity contribution in [3.63, 3.8) is 0 Å². The first-order valence-electron chi connectivity index (χ1n) is 22.2. The number of hydrogen-bond donors (Lipinski definition) is 5. The van der Waals surface area contributed by atoms with Crippen molar-refractivity contribution >= 4 is 39.9 Å². The highest BCUT2D eigenvalue weighted by Crippen LogP contribution is 2.44. The Morgan fingerprint density at radius 2 is 1.69 bits per heavy atom. The molecule has 16 nitrogen and oxygen atoms in total. The first kappa shape index (κ1) is 43.7. The maximum Gasteiger partial charge on any atom is 0.407 e. The van der Waals surface area contributed by atoms with Crippen LogP contribution in [-0.2, 0) is 25.6 Å². The fraction of sp³-hybridized carbons (Fsp3) is 0.408. The van der Waals surface area contributed by atoms with Crippen LogP contribution in [0.4, 0.5) is 9.59 Å². The molecule has 7 atom stereocenters. The molecule has 0 radical (unpaired) electrons. The molecule has 2 aromatic heterocycles. The van der Waals surface area contributed by atoms with Gasteiger partial charge < -0.3 is 49.6 Å². The molecule has 2 fully saturated rings. The molecule has 6 aromatic rings. The summed E-state index contributed by atoms with van der Waals surface area (Å²) in [5.41, 5.74) is 7.30. The Bertz CT molecular complexity index is 2720. The zero-order valence-electron chi connectivity index (χ0n) is 37.5. The van der Waals surface area contributed by atoms with Crippen LogP contribution in [0, 0.1) is 11.8 Å². The lowest BCUT2D eigenvalue weighted by molar-refractivity contribution is -0.137. The lowest BCUT2D eigenvalue weighted by Crippen LogP contribution is -2.52. The van der Waals surface area contributed by atoms with E-state index in [-0.39, 0.29) is 35.9 Å². The molecule has 3 aliphatic heterocycles. The topological polar surface area (TPSA) is 196 Å². The number of aliphatic hydroxyl groups excluding tert-OH is 1. The maximum atomic E-state index is 14.0. The molecule has 0 saturated carbocycles. The van der Waals surface area contributed by atoms with Crippen LogP contribution in [0.5, 0.6) is 5.75 Å². The molecule has 4 aromatic carbocycles. The van der Waals surface area contributed by atoms with Crippen LogP contribution in [-0.4, -0.2) is 106 Å². The Kier molecular flexibility index (Phi) is 12.2. The Hall–Kier alpha value is -6.49. The number of carbonyl (C=O) groups excluding carboxylic acids is 3. The Labute approximate surface area is 377 Å². The number of H-pyrrole nitrogens is 2. The summed E-state index contributed by atoms with van der Waals surface area (Å²) in [5.74, 6) is 2.02. The van der Waals surface area contributed by atoms with Gasteiger partial charge in [0.1, 0.15) is 36.3 Å². The van der Waals surface area contributed by atoms with Gasteiger partial charge in [-0.3, -0.25) is 9.69 Å². The van der Waals surface area contributed by atoms with Gasteiger partial charge >= 0.3 is 12.2 Å². The van der Waals surface area contributed by atoms with Gasteiger partial charge in [0.25, 0.3) is 0 Å². The maximum absolute atomic E-state index is 14.0. The summed E-state index contributed by atoms with van der Waals surface area (Å²) in [7, 11) is 4.27. The number of fused-ring (bicyclic) bond motifs is 6. The number of rotatable bonds is 12. The minimum Gasteiger partial charge on any atom is -0.488 e. The van der Waals surface area contributed by atoms with E-state index in [1.54, 1.807) is 7.11 Å². The second kappa shape index (κ2) is 18.2. The first-order valence-corrected chi connectivity index (χ1v) is 22.2. The van der Waals surface area contributed by atoms with Crippen molar-refractivity contribution in [3.8, 4) is 28.1 Å². The molecule has 340 valence electrons. The number of benzene rings is 4. The highest BCUT2D eigenvalue weighted by molar-refractivity contribution is 6.07.